The van der Waals surface area contributed by atoms with E-state index in [4.69, 9.17) is 11.6 Å². The molecule has 0 bridgehead atoms. The summed E-state index contributed by atoms with van der Waals surface area (Å²) in [4.78, 5) is 11.8. The molecule has 1 atom stereocenters. The van der Waals surface area contributed by atoms with Gasteiger partial charge in [-0.25, -0.2) is 4.39 Å². The highest BCUT2D eigenvalue weighted by Crippen LogP contribution is 2.19. The largest absolute Gasteiger partial charge is 0.355 e. The van der Waals surface area contributed by atoms with Crippen LogP contribution in [-0.2, 0) is 11.2 Å². The van der Waals surface area contributed by atoms with Crippen molar-refractivity contribution in [2.75, 3.05) is 19.6 Å². The van der Waals surface area contributed by atoms with Crippen molar-refractivity contribution in [1.82, 2.24) is 10.6 Å². The summed E-state index contributed by atoms with van der Waals surface area (Å²) in [6.45, 7) is 2.62. The molecule has 0 aromatic heterocycles. The fraction of sp³-hybridized carbons (Fsp3) is 0.500. The molecule has 1 aromatic rings. The number of piperidine rings is 1. The number of carbonyl (C=O) groups excluding carboxylic acids is 1. The molecule has 0 spiro atoms. The molecule has 2 N–H and O–H groups in total. The molecule has 1 amide bonds. The first-order valence-corrected chi connectivity index (χ1v) is 6.95. The van der Waals surface area contributed by atoms with Gasteiger partial charge < -0.3 is 10.6 Å². The molecule has 3 nitrogen and oxygen atoms in total. The molecule has 112 valence electrons. The van der Waals surface area contributed by atoms with Crippen molar-refractivity contribution in [3.63, 3.8) is 0 Å². The highest BCUT2D eigenvalue weighted by Gasteiger charge is 2.15. The van der Waals surface area contributed by atoms with E-state index >= 15 is 0 Å². The second-order valence-corrected chi connectivity index (χ2v) is 5.30. The molecular formula is C14H19Cl2FN2O. The van der Waals surface area contributed by atoms with Gasteiger partial charge in [0.1, 0.15) is 5.82 Å². The Balaban J connectivity index is 0.00000200. The van der Waals surface area contributed by atoms with E-state index in [0.717, 1.165) is 25.9 Å². The Morgan fingerprint density at radius 3 is 2.95 bits per heavy atom. The van der Waals surface area contributed by atoms with E-state index in [-0.39, 0.29) is 30.3 Å². The minimum atomic E-state index is -0.429. The molecule has 0 radical (unpaired) electrons. The molecule has 20 heavy (non-hydrogen) atoms. The highest BCUT2D eigenvalue weighted by atomic mass is 35.5. The van der Waals surface area contributed by atoms with Crippen molar-refractivity contribution < 1.29 is 9.18 Å². The van der Waals surface area contributed by atoms with Crippen LogP contribution in [0.5, 0.6) is 0 Å². The van der Waals surface area contributed by atoms with E-state index in [1.165, 1.54) is 12.1 Å². The third kappa shape index (κ3) is 4.93. The third-order valence-electron chi connectivity index (χ3n) is 3.39. The van der Waals surface area contributed by atoms with Crippen LogP contribution in [0, 0.1) is 11.7 Å². The lowest BCUT2D eigenvalue weighted by atomic mass is 9.99. The van der Waals surface area contributed by atoms with Crippen LogP contribution >= 0.6 is 24.0 Å². The van der Waals surface area contributed by atoms with Gasteiger partial charge >= 0.3 is 0 Å². The van der Waals surface area contributed by atoms with E-state index in [1.807, 2.05) is 0 Å². The van der Waals surface area contributed by atoms with Crippen LogP contribution in [0.2, 0.25) is 5.02 Å². The van der Waals surface area contributed by atoms with Gasteiger partial charge in [-0.3, -0.25) is 4.79 Å². The maximum atomic E-state index is 13.5. The second-order valence-electron chi connectivity index (χ2n) is 4.89. The predicted molar refractivity (Wildman–Crippen MR) is 81.0 cm³/mol. The number of benzene rings is 1. The van der Waals surface area contributed by atoms with Gasteiger partial charge in [-0.2, -0.15) is 0 Å². The van der Waals surface area contributed by atoms with Gasteiger partial charge in [0.15, 0.2) is 0 Å². The Morgan fingerprint density at radius 1 is 1.50 bits per heavy atom. The van der Waals surface area contributed by atoms with E-state index in [9.17, 15) is 9.18 Å². The number of hydrogen-bond acceptors (Lipinski definition) is 2. The van der Waals surface area contributed by atoms with Crippen LogP contribution in [-0.4, -0.2) is 25.5 Å². The van der Waals surface area contributed by atoms with Gasteiger partial charge in [-0.15, -0.1) is 12.4 Å². The van der Waals surface area contributed by atoms with Crippen LogP contribution in [0.1, 0.15) is 18.4 Å². The topological polar surface area (TPSA) is 41.1 Å². The maximum Gasteiger partial charge on any atom is 0.224 e. The lowest BCUT2D eigenvalue weighted by Crippen LogP contribution is -2.38. The number of halogens is 3. The molecule has 1 saturated heterocycles. The monoisotopic (exact) mass is 320 g/mol. The average molecular weight is 321 g/mol. The van der Waals surface area contributed by atoms with Crippen molar-refractivity contribution in [1.29, 1.82) is 0 Å². The van der Waals surface area contributed by atoms with Gasteiger partial charge in [0.25, 0.3) is 0 Å². The molecule has 1 aliphatic rings. The first-order valence-electron chi connectivity index (χ1n) is 6.57. The van der Waals surface area contributed by atoms with Gasteiger partial charge in [0.2, 0.25) is 5.91 Å². The zero-order chi connectivity index (χ0) is 13.7. The first-order chi connectivity index (χ1) is 9.16. The zero-order valence-corrected chi connectivity index (χ0v) is 12.7. The number of nitrogens with one attached hydrogen (secondary N) is 2. The normalized spacial score (nSPS) is 18.2. The zero-order valence-electron chi connectivity index (χ0n) is 11.1. The highest BCUT2D eigenvalue weighted by molar-refractivity contribution is 6.31. The molecule has 1 unspecified atom stereocenters. The number of hydrogen-bond donors (Lipinski definition) is 2. The summed E-state index contributed by atoms with van der Waals surface area (Å²) in [5.74, 6) is -0.145. The molecule has 1 heterocycles. The number of amides is 1. The molecule has 2 rings (SSSR count). The van der Waals surface area contributed by atoms with Gasteiger partial charge in [-0.05, 0) is 44.0 Å². The Labute approximate surface area is 129 Å². The molecule has 1 aliphatic heterocycles. The first kappa shape index (κ1) is 17.2. The van der Waals surface area contributed by atoms with Crippen LogP contribution in [0.4, 0.5) is 4.39 Å². The maximum absolute atomic E-state index is 13.5. The lowest BCUT2D eigenvalue weighted by molar-refractivity contribution is -0.120. The third-order valence-corrected chi connectivity index (χ3v) is 3.74. The molecule has 0 aliphatic carbocycles. The fourth-order valence-corrected chi connectivity index (χ4v) is 2.51. The summed E-state index contributed by atoms with van der Waals surface area (Å²) in [6.07, 6.45) is 2.25. The molecular weight excluding hydrogens is 302 g/mol. The SMILES string of the molecule is Cl.O=C(Cc1c(F)cccc1Cl)NCC1CCCNC1. The standard InChI is InChI=1S/C14H18ClFN2O.ClH/c15-12-4-1-5-13(16)11(12)7-14(19)18-9-10-3-2-6-17-8-10;/h1,4-5,10,17H,2-3,6-9H2,(H,18,19);1H. The molecule has 1 fully saturated rings. The summed E-state index contributed by atoms with van der Waals surface area (Å²) >= 11 is 5.89. The summed E-state index contributed by atoms with van der Waals surface area (Å²) in [6, 6.07) is 4.45. The van der Waals surface area contributed by atoms with Crippen molar-refractivity contribution >= 4 is 29.9 Å². The van der Waals surface area contributed by atoms with Crippen molar-refractivity contribution in [2.24, 2.45) is 5.92 Å². The molecule has 0 saturated carbocycles. The molecule has 1 aromatic carbocycles. The Hall–Kier alpha value is -0.840. The second kappa shape index (κ2) is 8.45. The number of carbonyl (C=O) groups is 1. The molecule has 6 heteroatoms. The van der Waals surface area contributed by atoms with Crippen LogP contribution in [0.25, 0.3) is 0 Å². The van der Waals surface area contributed by atoms with E-state index in [0.29, 0.717) is 17.5 Å². The quantitative estimate of drug-likeness (QED) is 0.895. The van der Waals surface area contributed by atoms with E-state index in [1.54, 1.807) is 6.07 Å². The lowest BCUT2D eigenvalue weighted by Gasteiger charge is -2.22. The average Bonchev–Trinajstić information content (AvgIpc) is 2.42. The van der Waals surface area contributed by atoms with E-state index in [2.05, 4.69) is 10.6 Å². The van der Waals surface area contributed by atoms with Crippen LogP contribution in [0.3, 0.4) is 0 Å². The van der Waals surface area contributed by atoms with Gasteiger partial charge in [0.05, 0.1) is 6.42 Å². The summed E-state index contributed by atoms with van der Waals surface area (Å²) in [5, 5.41) is 6.45. The minimum absolute atomic E-state index is 0. The van der Waals surface area contributed by atoms with Gasteiger partial charge in [-0.1, -0.05) is 17.7 Å². The summed E-state index contributed by atoms with van der Waals surface area (Å²) in [5.41, 5.74) is 0.267. The van der Waals surface area contributed by atoms with Crippen molar-refractivity contribution in [2.45, 2.75) is 19.3 Å². The van der Waals surface area contributed by atoms with Crippen molar-refractivity contribution in [3.8, 4) is 0 Å². The van der Waals surface area contributed by atoms with E-state index < -0.39 is 5.82 Å². The fourth-order valence-electron chi connectivity index (χ4n) is 2.28. The van der Waals surface area contributed by atoms with Crippen LogP contribution < -0.4 is 10.6 Å². The van der Waals surface area contributed by atoms with Crippen molar-refractivity contribution in [3.05, 3.63) is 34.6 Å². The Bertz CT molecular complexity index is 431. The predicted octanol–water partition coefficient (Wildman–Crippen LogP) is 2.56. The number of rotatable bonds is 4. The summed E-state index contributed by atoms with van der Waals surface area (Å²) in [7, 11) is 0. The Kier molecular flexibility index (Phi) is 7.27. The summed E-state index contributed by atoms with van der Waals surface area (Å²) < 4.78 is 13.5. The van der Waals surface area contributed by atoms with Gasteiger partial charge in [0, 0.05) is 17.1 Å². The minimum Gasteiger partial charge on any atom is -0.355 e. The Morgan fingerprint density at radius 2 is 2.30 bits per heavy atom. The van der Waals surface area contributed by atoms with Crippen LogP contribution in [0.15, 0.2) is 18.2 Å². The smallest absolute Gasteiger partial charge is 0.224 e.